The Bertz CT molecular complexity index is 602. The average molecular weight is 361 g/mol. The smallest absolute Gasteiger partial charge is 0.260 e. The van der Waals surface area contributed by atoms with Crippen molar-refractivity contribution in [1.29, 1.82) is 0 Å². The molecule has 1 saturated heterocycles. The van der Waals surface area contributed by atoms with Crippen LogP contribution in [0.2, 0.25) is 0 Å². The zero-order valence-corrected chi connectivity index (χ0v) is 16.2. The predicted octanol–water partition coefficient (Wildman–Crippen LogP) is 1.78. The van der Waals surface area contributed by atoms with E-state index in [0.29, 0.717) is 19.6 Å². The van der Waals surface area contributed by atoms with Crippen molar-refractivity contribution >= 4 is 11.8 Å². The lowest BCUT2D eigenvalue weighted by Gasteiger charge is -2.25. The number of ether oxygens (including phenoxy) is 1. The molecule has 26 heavy (non-hydrogen) atoms. The first kappa shape index (κ1) is 20.2. The second kappa shape index (κ2) is 10.2. The Morgan fingerprint density at radius 2 is 1.81 bits per heavy atom. The third-order valence-electron chi connectivity index (χ3n) is 4.86. The normalized spacial score (nSPS) is 15.4. The van der Waals surface area contributed by atoms with Crippen molar-refractivity contribution < 1.29 is 14.3 Å². The van der Waals surface area contributed by atoms with Crippen molar-refractivity contribution in [2.75, 3.05) is 52.4 Å². The predicted molar refractivity (Wildman–Crippen MR) is 102 cm³/mol. The summed E-state index contributed by atoms with van der Waals surface area (Å²) in [7, 11) is 0. The molecule has 1 heterocycles. The molecule has 2 rings (SSSR count). The molecule has 144 valence electrons. The van der Waals surface area contributed by atoms with Crippen LogP contribution in [0.5, 0.6) is 5.75 Å². The van der Waals surface area contributed by atoms with E-state index in [1.807, 2.05) is 54.8 Å². The molecular weight excluding hydrogens is 330 g/mol. The standard InChI is InChI=1S/C20H31N3O3/c1-4-22(5-2)19(24)15-21-11-8-12-23(14-13-21)20(25)16-26-18-10-7-6-9-17(18)3/h6-7,9-10H,4-5,8,11-16H2,1-3H3. The highest BCUT2D eigenvalue weighted by Crippen LogP contribution is 2.16. The Morgan fingerprint density at radius 1 is 1.08 bits per heavy atom. The van der Waals surface area contributed by atoms with Crippen molar-refractivity contribution in [2.45, 2.75) is 27.2 Å². The van der Waals surface area contributed by atoms with Gasteiger partial charge in [-0.15, -0.1) is 0 Å². The molecule has 1 aromatic rings. The van der Waals surface area contributed by atoms with Gasteiger partial charge in [0.2, 0.25) is 5.91 Å². The van der Waals surface area contributed by atoms with E-state index in [9.17, 15) is 9.59 Å². The number of carbonyl (C=O) groups excluding carboxylic acids is 2. The van der Waals surface area contributed by atoms with Gasteiger partial charge in [0.05, 0.1) is 6.54 Å². The van der Waals surface area contributed by atoms with Crippen molar-refractivity contribution in [1.82, 2.24) is 14.7 Å². The number of likely N-dealkylation sites (N-methyl/N-ethyl adjacent to an activating group) is 1. The van der Waals surface area contributed by atoms with Crippen LogP contribution in [-0.2, 0) is 9.59 Å². The molecule has 0 aliphatic carbocycles. The molecule has 0 aromatic heterocycles. The first-order valence-corrected chi connectivity index (χ1v) is 9.51. The molecule has 6 heteroatoms. The highest BCUT2D eigenvalue weighted by molar-refractivity contribution is 5.78. The second-order valence-corrected chi connectivity index (χ2v) is 6.63. The third kappa shape index (κ3) is 5.73. The number of hydrogen-bond donors (Lipinski definition) is 0. The van der Waals surface area contributed by atoms with Gasteiger partial charge in [0.15, 0.2) is 6.61 Å². The minimum atomic E-state index is 0.00479. The fourth-order valence-corrected chi connectivity index (χ4v) is 3.20. The van der Waals surface area contributed by atoms with E-state index in [1.165, 1.54) is 0 Å². The molecule has 0 atom stereocenters. The topological polar surface area (TPSA) is 53.1 Å². The van der Waals surface area contributed by atoms with Crippen LogP contribution in [0.25, 0.3) is 0 Å². The Morgan fingerprint density at radius 3 is 2.50 bits per heavy atom. The molecule has 1 fully saturated rings. The second-order valence-electron chi connectivity index (χ2n) is 6.63. The lowest BCUT2D eigenvalue weighted by atomic mass is 10.2. The lowest BCUT2D eigenvalue weighted by Crippen LogP contribution is -2.42. The largest absolute Gasteiger partial charge is 0.484 e. The molecule has 1 aliphatic rings. The quantitative estimate of drug-likeness (QED) is 0.743. The lowest BCUT2D eigenvalue weighted by molar-refractivity contribution is -0.133. The average Bonchev–Trinajstić information content (AvgIpc) is 2.87. The number of rotatable bonds is 7. The number of hydrogen-bond acceptors (Lipinski definition) is 4. The van der Waals surface area contributed by atoms with Gasteiger partial charge in [-0.25, -0.2) is 0 Å². The number of carbonyl (C=O) groups is 2. The number of amides is 2. The SMILES string of the molecule is CCN(CC)C(=O)CN1CCCN(C(=O)COc2ccccc2C)CC1. The van der Waals surface area contributed by atoms with Crippen LogP contribution in [-0.4, -0.2) is 78.9 Å². The van der Waals surface area contributed by atoms with Crippen LogP contribution < -0.4 is 4.74 Å². The van der Waals surface area contributed by atoms with E-state index in [0.717, 1.165) is 43.9 Å². The van der Waals surface area contributed by atoms with Gasteiger partial charge in [-0.3, -0.25) is 14.5 Å². The number of benzene rings is 1. The van der Waals surface area contributed by atoms with Crippen LogP contribution in [0.1, 0.15) is 25.8 Å². The summed E-state index contributed by atoms with van der Waals surface area (Å²) in [6, 6.07) is 7.71. The number of nitrogens with zero attached hydrogens (tertiary/aromatic N) is 3. The van der Waals surface area contributed by atoms with E-state index in [4.69, 9.17) is 4.74 Å². The highest BCUT2D eigenvalue weighted by atomic mass is 16.5. The summed E-state index contributed by atoms with van der Waals surface area (Å²) in [5.41, 5.74) is 1.03. The van der Waals surface area contributed by atoms with Crippen LogP contribution in [0.3, 0.4) is 0 Å². The van der Waals surface area contributed by atoms with Gasteiger partial charge in [-0.1, -0.05) is 18.2 Å². The monoisotopic (exact) mass is 361 g/mol. The van der Waals surface area contributed by atoms with E-state index in [-0.39, 0.29) is 18.4 Å². The minimum absolute atomic E-state index is 0.00479. The number of aryl methyl sites for hydroxylation is 1. The maximum absolute atomic E-state index is 12.5. The van der Waals surface area contributed by atoms with E-state index < -0.39 is 0 Å². The molecule has 6 nitrogen and oxygen atoms in total. The summed E-state index contributed by atoms with van der Waals surface area (Å²) in [5.74, 6) is 0.921. The molecule has 0 spiro atoms. The van der Waals surface area contributed by atoms with E-state index >= 15 is 0 Å². The molecule has 0 unspecified atom stereocenters. The van der Waals surface area contributed by atoms with Gasteiger partial charge < -0.3 is 14.5 Å². The van der Waals surface area contributed by atoms with Gasteiger partial charge >= 0.3 is 0 Å². The highest BCUT2D eigenvalue weighted by Gasteiger charge is 2.22. The zero-order valence-electron chi connectivity index (χ0n) is 16.2. The first-order chi connectivity index (χ1) is 12.5. The molecule has 0 N–H and O–H groups in total. The number of para-hydroxylation sites is 1. The molecule has 0 radical (unpaired) electrons. The fraction of sp³-hybridized carbons (Fsp3) is 0.600. The summed E-state index contributed by atoms with van der Waals surface area (Å²) < 4.78 is 5.68. The minimum Gasteiger partial charge on any atom is -0.484 e. The van der Waals surface area contributed by atoms with Gasteiger partial charge in [0.1, 0.15) is 5.75 Å². The zero-order chi connectivity index (χ0) is 18.9. The summed E-state index contributed by atoms with van der Waals surface area (Å²) in [6.07, 6.45) is 0.877. The Balaban J connectivity index is 1.81. The first-order valence-electron chi connectivity index (χ1n) is 9.51. The summed E-state index contributed by atoms with van der Waals surface area (Å²) in [4.78, 5) is 30.6. The van der Waals surface area contributed by atoms with Gasteiger partial charge in [-0.05, 0) is 38.8 Å². The van der Waals surface area contributed by atoms with Crippen molar-refractivity contribution in [2.24, 2.45) is 0 Å². The van der Waals surface area contributed by atoms with Crippen LogP contribution in [0.15, 0.2) is 24.3 Å². The molecular formula is C20H31N3O3. The van der Waals surface area contributed by atoms with Gasteiger partial charge in [-0.2, -0.15) is 0 Å². The van der Waals surface area contributed by atoms with Crippen LogP contribution in [0, 0.1) is 6.92 Å². The molecule has 1 aliphatic heterocycles. The molecule has 0 bridgehead atoms. The third-order valence-corrected chi connectivity index (χ3v) is 4.86. The summed E-state index contributed by atoms with van der Waals surface area (Å²) >= 11 is 0. The van der Waals surface area contributed by atoms with Gasteiger partial charge in [0, 0.05) is 39.3 Å². The Labute approximate surface area is 156 Å². The molecule has 2 amide bonds. The summed E-state index contributed by atoms with van der Waals surface area (Å²) in [5, 5.41) is 0. The molecule has 1 aromatic carbocycles. The van der Waals surface area contributed by atoms with Crippen molar-refractivity contribution in [3.05, 3.63) is 29.8 Å². The maximum atomic E-state index is 12.5. The van der Waals surface area contributed by atoms with Crippen molar-refractivity contribution in [3.8, 4) is 5.75 Å². The van der Waals surface area contributed by atoms with Crippen molar-refractivity contribution in [3.63, 3.8) is 0 Å². The van der Waals surface area contributed by atoms with Crippen LogP contribution in [0.4, 0.5) is 0 Å². The maximum Gasteiger partial charge on any atom is 0.260 e. The van der Waals surface area contributed by atoms with Gasteiger partial charge in [0.25, 0.3) is 5.91 Å². The molecule has 0 saturated carbocycles. The Hall–Kier alpha value is -2.08. The fourth-order valence-electron chi connectivity index (χ4n) is 3.20. The Kier molecular flexibility index (Phi) is 7.91. The van der Waals surface area contributed by atoms with Crippen LogP contribution >= 0.6 is 0 Å². The summed E-state index contributed by atoms with van der Waals surface area (Å²) in [6.45, 7) is 10.9. The van der Waals surface area contributed by atoms with E-state index in [2.05, 4.69) is 4.90 Å². The van der Waals surface area contributed by atoms with E-state index in [1.54, 1.807) is 0 Å².